The molecule has 4 N–H and O–H groups in total. The largest absolute Gasteiger partial charge is 0.465 e. The molecule has 3 rings (SSSR count). The van der Waals surface area contributed by atoms with Gasteiger partial charge in [0.2, 0.25) is 5.91 Å². The van der Waals surface area contributed by atoms with Crippen LogP contribution < -0.4 is 11.1 Å². The number of amides is 3. The number of rotatable bonds is 5. The molecule has 12 heteroatoms. The molecule has 0 spiro atoms. The van der Waals surface area contributed by atoms with Crippen LogP contribution in [0.25, 0.3) is 11.1 Å². The number of aromatic nitrogens is 1. The molecule has 32 heavy (non-hydrogen) atoms. The highest BCUT2D eigenvalue weighted by Gasteiger charge is 2.39. The third kappa shape index (κ3) is 4.95. The first kappa shape index (κ1) is 23.0. The van der Waals surface area contributed by atoms with Gasteiger partial charge in [-0.15, -0.1) is 0 Å². The third-order valence-electron chi connectivity index (χ3n) is 4.99. The quantitative estimate of drug-likeness (QED) is 0.599. The van der Waals surface area contributed by atoms with Gasteiger partial charge in [-0.2, -0.15) is 13.2 Å². The van der Waals surface area contributed by atoms with Gasteiger partial charge < -0.3 is 16.2 Å². The van der Waals surface area contributed by atoms with Gasteiger partial charge >= 0.3 is 12.3 Å². The first-order chi connectivity index (χ1) is 15.0. The normalized spacial score (nSPS) is 18.4. The summed E-state index contributed by atoms with van der Waals surface area (Å²) in [5.41, 5.74) is 5.15. The fraction of sp³-hybridized carbons (Fsp3) is 0.300. The lowest BCUT2D eigenvalue weighted by atomic mass is 9.99. The Morgan fingerprint density at radius 1 is 1.22 bits per heavy atom. The lowest BCUT2D eigenvalue weighted by molar-refractivity contribution is -0.137. The molecule has 2 aromatic rings. The monoisotopic (exact) mass is 454 g/mol. The number of hydrogen-bond donors (Lipinski definition) is 3. The lowest BCUT2D eigenvalue weighted by Gasteiger charge is -2.20. The van der Waals surface area contributed by atoms with Crippen LogP contribution in [0.15, 0.2) is 36.5 Å². The van der Waals surface area contributed by atoms with Crippen LogP contribution in [0.3, 0.4) is 0 Å². The molecule has 3 amide bonds. The zero-order valence-electron chi connectivity index (χ0n) is 16.4. The second-order valence-corrected chi connectivity index (χ2v) is 7.16. The smallest absolute Gasteiger partial charge is 0.416 e. The van der Waals surface area contributed by atoms with E-state index in [1.807, 2.05) is 0 Å². The molecule has 0 aliphatic carbocycles. The zero-order chi connectivity index (χ0) is 23.6. The number of hydrogen-bond acceptors (Lipinski definition) is 4. The number of carbonyl (C=O) groups excluding carboxylic acids is 2. The van der Waals surface area contributed by atoms with Gasteiger partial charge in [0.1, 0.15) is 12.2 Å². The molecular formula is C20H18F4N4O4. The number of primary amides is 1. The maximum atomic E-state index is 13.6. The van der Waals surface area contributed by atoms with Crippen molar-refractivity contribution in [1.29, 1.82) is 0 Å². The Kier molecular flexibility index (Phi) is 6.32. The van der Waals surface area contributed by atoms with Crippen molar-refractivity contribution >= 4 is 17.9 Å². The molecule has 1 aromatic heterocycles. The number of likely N-dealkylation sites (tertiary alicyclic amines) is 1. The van der Waals surface area contributed by atoms with Crippen LogP contribution in [0.1, 0.15) is 28.0 Å². The highest BCUT2D eigenvalue weighted by atomic mass is 19.4. The molecule has 0 saturated carbocycles. The Morgan fingerprint density at radius 2 is 1.88 bits per heavy atom. The maximum Gasteiger partial charge on any atom is 0.416 e. The van der Waals surface area contributed by atoms with Crippen molar-refractivity contribution in [2.24, 2.45) is 5.73 Å². The molecule has 0 radical (unpaired) electrons. The Labute approximate surface area is 179 Å². The van der Waals surface area contributed by atoms with Crippen molar-refractivity contribution in [3.05, 3.63) is 53.3 Å². The Hall–Kier alpha value is -3.70. The average Bonchev–Trinajstić information content (AvgIpc) is 3.13. The predicted molar refractivity (Wildman–Crippen MR) is 103 cm³/mol. The lowest BCUT2D eigenvalue weighted by Crippen LogP contribution is -2.45. The van der Waals surface area contributed by atoms with Crippen LogP contribution in [0, 0.1) is 0 Å². The van der Waals surface area contributed by atoms with Crippen LogP contribution in [-0.2, 0) is 17.5 Å². The van der Waals surface area contributed by atoms with Gasteiger partial charge in [0, 0.05) is 12.6 Å². The molecule has 2 atom stereocenters. The summed E-state index contributed by atoms with van der Waals surface area (Å²) < 4.78 is 52.0. The van der Waals surface area contributed by atoms with Crippen molar-refractivity contribution < 1.29 is 37.1 Å². The average molecular weight is 454 g/mol. The number of nitrogens with two attached hydrogens (primary N) is 1. The molecule has 0 bridgehead atoms. The predicted octanol–water partition coefficient (Wildman–Crippen LogP) is 2.57. The summed E-state index contributed by atoms with van der Waals surface area (Å²) in [6.45, 7) is -0.594. The van der Waals surface area contributed by atoms with Gasteiger partial charge in [-0.25, -0.2) is 9.18 Å². The molecule has 1 aromatic carbocycles. The topological polar surface area (TPSA) is 126 Å². The van der Waals surface area contributed by atoms with Gasteiger partial charge in [0.15, 0.2) is 0 Å². The number of carboxylic acid groups (broad SMARTS) is 1. The summed E-state index contributed by atoms with van der Waals surface area (Å²) in [5, 5.41) is 11.6. The van der Waals surface area contributed by atoms with E-state index in [-0.39, 0.29) is 35.3 Å². The third-order valence-corrected chi connectivity index (χ3v) is 4.99. The number of nitrogens with zero attached hydrogens (tertiary/aromatic N) is 2. The van der Waals surface area contributed by atoms with E-state index >= 15 is 0 Å². The minimum Gasteiger partial charge on any atom is -0.465 e. The standard InChI is InChI=1S/C20H18F4N4O4/c21-12-5-16(28(9-12)19(31)32)18(30)27-7-13-6-14(15(8-26-13)17(25)29)10-1-3-11(4-2-10)20(22,23)24/h1-4,6,8,12,16H,5,7,9H2,(H2,25,29)(H,27,30)(H,31,32)/t12-,16+/m1/s1. The Balaban J connectivity index is 1.81. The summed E-state index contributed by atoms with van der Waals surface area (Å²) in [6.07, 6.45) is -6.54. The van der Waals surface area contributed by atoms with Gasteiger partial charge in [0.25, 0.3) is 5.91 Å². The van der Waals surface area contributed by atoms with Crippen LogP contribution in [-0.4, -0.2) is 51.7 Å². The molecular weight excluding hydrogens is 436 g/mol. The van der Waals surface area contributed by atoms with Crippen molar-refractivity contribution in [1.82, 2.24) is 15.2 Å². The summed E-state index contributed by atoms with van der Waals surface area (Å²) in [4.78, 5) is 40.0. The highest BCUT2D eigenvalue weighted by Crippen LogP contribution is 2.32. The van der Waals surface area contributed by atoms with Gasteiger partial charge in [-0.05, 0) is 29.3 Å². The number of benzene rings is 1. The molecule has 0 unspecified atom stereocenters. The first-order valence-corrected chi connectivity index (χ1v) is 9.35. The minimum atomic E-state index is -4.53. The Bertz CT molecular complexity index is 1040. The van der Waals surface area contributed by atoms with E-state index in [2.05, 4.69) is 10.3 Å². The number of nitrogens with one attached hydrogen (secondary N) is 1. The van der Waals surface area contributed by atoms with Crippen molar-refractivity contribution in [3.8, 4) is 11.1 Å². The van der Waals surface area contributed by atoms with E-state index in [0.29, 0.717) is 4.90 Å². The molecule has 1 fully saturated rings. The summed E-state index contributed by atoms with van der Waals surface area (Å²) in [7, 11) is 0. The van der Waals surface area contributed by atoms with Crippen molar-refractivity contribution in [2.75, 3.05) is 6.54 Å². The Morgan fingerprint density at radius 3 is 2.44 bits per heavy atom. The molecule has 1 aliphatic heterocycles. The number of pyridine rings is 1. The fourth-order valence-corrected chi connectivity index (χ4v) is 3.41. The van der Waals surface area contributed by atoms with Crippen molar-refractivity contribution in [3.63, 3.8) is 0 Å². The van der Waals surface area contributed by atoms with Crippen molar-refractivity contribution in [2.45, 2.75) is 31.4 Å². The van der Waals surface area contributed by atoms with E-state index in [1.54, 1.807) is 0 Å². The summed E-state index contributed by atoms with van der Waals surface area (Å²) >= 11 is 0. The van der Waals surface area contributed by atoms with E-state index in [4.69, 9.17) is 10.8 Å². The number of halogens is 4. The van der Waals surface area contributed by atoms with Crippen LogP contribution in [0.4, 0.5) is 22.4 Å². The van der Waals surface area contributed by atoms with E-state index < -0.39 is 48.4 Å². The molecule has 1 aliphatic rings. The second kappa shape index (κ2) is 8.81. The molecule has 2 heterocycles. The second-order valence-electron chi connectivity index (χ2n) is 7.16. The first-order valence-electron chi connectivity index (χ1n) is 9.35. The van der Waals surface area contributed by atoms with Crippen LogP contribution in [0.2, 0.25) is 0 Å². The maximum absolute atomic E-state index is 13.6. The highest BCUT2D eigenvalue weighted by molar-refractivity contribution is 5.99. The fourth-order valence-electron chi connectivity index (χ4n) is 3.41. The summed E-state index contributed by atoms with van der Waals surface area (Å²) in [5.74, 6) is -1.57. The van der Waals surface area contributed by atoms with E-state index in [9.17, 15) is 31.9 Å². The number of carbonyl (C=O) groups is 3. The number of alkyl halides is 4. The molecule has 1 saturated heterocycles. The molecule has 8 nitrogen and oxygen atoms in total. The minimum absolute atomic E-state index is 0.0343. The van der Waals surface area contributed by atoms with E-state index in [1.165, 1.54) is 18.2 Å². The van der Waals surface area contributed by atoms with Gasteiger partial charge in [-0.3, -0.25) is 19.5 Å². The van der Waals surface area contributed by atoms with Crippen LogP contribution in [0.5, 0.6) is 0 Å². The van der Waals surface area contributed by atoms with Gasteiger partial charge in [-0.1, -0.05) is 12.1 Å². The summed E-state index contributed by atoms with van der Waals surface area (Å²) in [6, 6.07) is 4.26. The zero-order valence-corrected chi connectivity index (χ0v) is 16.4. The van der Waals surface area contributed by atoms with Crippen LogP contribution >= 0.6 is 0 Å². The SMILES string of the molecule is NC(=O)c1cnc(CNC(=O)[C@@H]2C[C@@H](F)CN2C(=O)O)cc1-c1ccc(C(F)(F)F)cc1. The molecule has 170 valence electrons. The van der Waals surface area contributed by atoms with E-state index in [0.717, 1.165) is 18.3 Å². The van der Waals surface area contributed by atoms with Gasteiger partial charge in [0.05, 0.1) is 29.9 Å².